The molecule has 0 aliphatic carbocycles. The van der Waals surface area contributed by atoms with Crippen molar-refractivity contribution in [3.8, 4) is 0 Å². The summed E-state index contributed by atoms with van der Waals surface area (Å²) < 4.78 is 11.5. The Morgan fingerprint density at radius 3 is 1.69 bits per heavy atom. The fourth-order valence-electron chi connectivity index (χ4n) is 0.615. The van der Waals surface area contributed by atoms with Gasteiger partial charge in [-0.15, -0.1) is 0 Å². The molecule has 0 radical (unpaired) electrons. The summed E-state index contributed by atoms with van der Waals surface area (Å²) in [6, 6.07) is 0. The summed E-state index contributed by atoms with van der Waals surface area (Å²) in [6.07, 6.45) is 1.80. The lowest BCUT2D eigenvalue weighted by Crippen LogP contribution is -2.03. The van der Waals surface area contributed by atoms with Gasteiger partial charge in [-0.3, -0.25) is 0 Å². The van der Waals surface area contributed by atoms with Crippen LogP contribution in [0.2, 0.25) is 0 Å². The molecule has 0 rings (SSSR count). The Kier molecular flexibility index (Phi) is 6.83. The van der Waals surface area contributed by atoms with Crippen LogP contribution in [0, 0.1) is 0 Å². The van der Waals surface area contributed by atoms with Crippen LogP contribution in [0.4, 0.5) is 0 Å². The Hall–Kier alpha value is 0.890. The van der Waals surface area contributed by atoms with E-state index >= 15 is 0 Å². The van der Waals surface area contributed by atoms with E-state index in [2.05, 4.69) is 0 Å². The quantitative estimate of drug-likeness (QED) is 0.667. The molecule has 0 N–H and O–H groups in total. The molecule has 2 nitrogen and oxygen atoms in total. The monoisotopic (exact) mass is 241 g/mol. The molecule has 0 aromatic heterocycles. The maximum absolute atomic E-state index is 11.5. The molecule has 13 heavy (non-hydrogen) atoms. The molecule has 0 bridgehead atoms. The molecule has 80 valence electrons. The number of hydrogen-bond donors (Lipinski definition) is 0. The molecular formula is C8H18O2PS2-. The third-order valence-electron chi connectivity index (χ3n) is 1.77. The Bertz CT molecular complexity index is 171. The van der Waals surface area contributed by atoms with Gasteiger partial charge in [0, 0.05) is 10.5 Å². The molecule has 2 atom stereocenters. The summed E-state index contributed by atoms with van der Waals surface area (Å²) in [4.78, 5) is 11.5. The van der Waals surface area contributed by atoms with E-state index in [1.54, 1.807) is 0 Å². The van der Waals surface area contributed by atoms with Crippen LogP contribution in [0.5, 0.6) is 0 Å². The minimum atomic E-state index is -3.25. The first-order valence-corrected chi connectivity index (χ1v) is 9.18. The Morgan fingerprint density at radius 1 is 1.15 bits per heavy atom. The van der Waals surface area contributed by atoms with Crippen LogP contribution < -0.4 is 4.89 Å². The summed E-state index contributed by atoms with van der Waals surface area (Å²) in [5, 5.41) is 0.416. The highest BCUT2D eigenvalue weighted by molar-refractivity contribution is 8.88. The van der Waals surface area contributed by atoms with Crippen LogP contribution in [0.25, 0.3) is 0 Å². The van der Waals surface area contributed by atoms with Crippen molar-refractivity contribution in [3.63, 3.8) is 0 Å². The van der Waals surface area contributed by atoms with Gasteiger partial charge in [0.05, 0.1) is 0 Å². The molecule has 0 aromatic carbocycles. The lowest BCUT2D eigenvalue weighted by atomic mass is 10.4. The molecule has 0 aliphatic heterocycles. The van der Waals surface area contributed by atoms with E-state index in [0.29, 0.717) is 0 Å². The topological polar surface area (TPSA) is 40.1 Å². The van der Waals surface area contributed by atoms with Gasteiger partial charge in [0.2, 0.25) is 0 Å². The van der Waals surface area contributed by atoms with Crippen LogP contribution in [0.3, 0.4) is 0 Å². The fraction of sp³-hybridized carbons (Fsp3) is 1.00. The zero-order valence-electron chi connectivity index (χ0n) is 8.65. The molecule has 0 saturated carbocycles. The zero-order chi connectivity index (χ0) is 10.5. The molecule has 0 spiro atoms. The first-order valence-electron chi connectivity index (χ1n) is 4.59. The second-order valence-corrected chi connectivity index (χ2v) is 10.9. The highest BCUT2D eigenvalue weighted by Crippen LogP contribution is 2.65. The van der Waals surface area contributed by atoms with Crippen LogP contribution in [-0.4, -0.2) is 10.5 Å². The predicted octanol–water partition coefficient (Wildman–Crippen LogP) is 3.52. The van der Waals surface area contributed by atoms with Gasteiger partial charge in [0.25, 0.3) is 0 Å². The van der Waals surface area contributed by atoms with Crippen molar-refractivity contribution in [2.45, 2.75) is 51.0 Å². The summed E-state index contributed by atoms with van der Waals surface area (Å²) in [6.45, 7) is 7.91. The minimum Gasteiger partial charge on any atom is -0.784 e. The van der Waals surface area contributed by atoms with Gasteiger partial charge in [-0.05, 0) is 12.8 Å². The maximum Gasteiger partial charge on any atom is 0.123 e. The lowest BCUT2D eigenvalue weighted by molar-refractivity contribution is -0.161. The first kappa shape index (κ1) is 13.9. The number of hydrogen-bond acceptors (Lipinski definition) is 4. The summed E-state index contributed by atoms with van der Waals surface area (Å²) in [7, 11) is 0. The van der Waals surface area contributed by atoms with Crippen molar-refractivity contribution < 1.29 is 9.46 Å². The highest BCUT2D eigenvalue weighted by Gasteiger charge is 2.16. The van der Waals surface area contributed by atoms with Crippen molar-refractivity contribution in [2.75, 3.05) is 0 Å². The fourth-order valence-corrected chi connectivity index (χ4v) is 8.62. The smallest absolute Gasteiger partial charge is 0.123 e. The van der Waals surface area contributed by atoms with E-state index in [-0.39, 0.29) is 10.5 Å². The van der Waals surface area contributed by atoms with Gasteiger partial charge in [-0.1, -0.05) is 50.5 Å². The van der Waals surface area contributed by atoms with E-state index in [1.165, 1.54) is 0 Å². The Labute approximate surface area is 89.2 Å². The molecule has 0 saturated heterocycles. The molecular weight excluding hydrogens is 223 g/mol. The molecule has 0 heterocycles. The molecule has 2 unspecified atom stereocenters. The lowest BCUT2D eigenvalue weighted by Gasteiger charge is -2.26. The van der Waals surface area contributed by atoms with E-state index in [1.807, 2.05) is 27.7 Å². The second-order valence-electron chi connectivity index (χ2n) is 3.10. The van der Waals surface area contributed by atoms with Gasteiger partial charge >= 0.3 is 0 Å². The van der Waals surface area contributed by atoms with Crippen molar-refractivity contribution in [1.82, 2.24) is 0 Å². The molecule has 0 fully saturated rings. The second kappa shape index (κ2) is 6.39. The SMILES string of the molecule is CCC(C)SP(=O)([O-])SC(C)CC. The van der Waals surface area contributed by atoms with Crippen molar-refractivity contribution >= 4 is 28.5 Å². The summed E-state index contributed by atoms with van der Waals surface area (Å²) in [5.74, 6) is -3.25. The molecule has 5 heteroatoms. The average molecular weight is 241 g/mol. The van der Waals surface area contributed by atoms with Crippen LogP contribution in [-0.2, 0) is 4.57 Å². The van der Waals surface area contributed by atoms with Crippen molar-refractivity contribution in [1.29, 1.82) is 0 Å². The van der Waals surface area contributed by atoms with Crippen LogP contribution in [0.1, 0.15) is 40.5 Å². The van der Waals surface area contributed by atoms with Crippen LogP contribution >= 0.6 is 28.5 Å². The third-order valence-corrected chi connectivity index (χ3v) is 8.93. The van der Waals surface area contributed by atoms with Gasteiger partial charge in [-0.25, -0.2) is 0 Å². The molecule has 0 aliphatic rings. The highest BCUT2D eigenvalue weighted by atomic mass is 33.1. The molecule has 0 aromatic rings. The third kappa shape index (κ3) is 6.89. The van der Waals surface area contributed by atoms with Gasteiger partial charge in [-0.2, -0.15) is 0 Å². The van der Waals surface area contributed by atoms with E-state index in [4.69, 9.17) is 0 Å². The van der Waals surface area contributed by atoms with Crippen molar-refractivity contribution in [2.24, 2.45) is 0 Å². The molecule has 0 amide bonds. The summed E-state index contributed by atoms with van der Waals surface area (Å²) >= 11 is 2.22. The first-order chi connectivity index (χ1) is 5.91. The Morgan fingerprint density at radius 2 is 1.46 bits per heavy atom. The van der Waals surface area contributed by atoms with E-state index in [9.17, 15) is 9.46 Å². The van der Waals surface area contributed by atoms with Gasteiger partial charge in [0.1, 0.15) is 5.77 Å². The van der Waals surface area contributed by atoms with E-state index in [0.717, 1.165) is 35.6 Å². The predicted molar refractivity (Wildman–Crippen MR) is 62.3 cm³/mol. The normalized spacial score (nSPS) is 20.7. The largest absolute Gasteiger partial charge is 0.784 e. The zero-order valence-corrected chi connectivity index (χ0v) is 11.2. The average Bonchev–Trinajstić information content (AvgIpc) is 2.02. The number of rotatable bonds is 6. The van der Waals surface area contributed by atoms with Gasteiger partial charge < -0.3 is 9.46 Å². The minimum absolute atomic E-state index is 0.208. The van der Waals surface area contributed by atoms with Gasteiger partial charge in [0.15, 0.2) is 0 Å². The summed E-state index contributed by atoms with van der Waals surface area (Å²) in [5.41, 5.74) is 0. The van der Waals surface area contributed by atoms with E-state index < -0.39 is 5.77 Å². The van der Waals surface area contributed by atoms with Crippen molar-refractivity contribution in [3.05, 3.63) is 0 Å². The maximum atomic E-state index is 11.5. The Balaban J connectivity index is 4.00. The van der Waals surface area contributed by atoms with Crippen LogP contribution in [0.15, 0.2) is 0 Å². The standard InChI is InChI=1S/C8H19O2PS2/c1-5-7(3)12-11(9,10)13-8(4)6-2/h7-8H,5-6H2,1-4H3,(H,9,10)/p-1.